The lowest BCUT2D eigenvalue weighted by Gasteiger charge is -2.32. The molecular formula is C21H24ClN5O3S. The molecule has 2 aliphatic rings. The summed E-state index contributed by atoms with van der Waals surface area (Å²) in [7, 11) is 0. The van der Waals surface area contributed by atoms with E-state index in [1.165, 1.54) is 0 Å². The van der Waals surface area contributed by atoms with Crippen LogP contribution >= 0.6 is 22.9 Å². The highest BCUT2D eigenvalue weighted by molar-refractivity contribution is 7.15. The van der Waals surface area contributed by atoms with E-state index in [1.54, 1.807) is 29.2 Å². The number of likely N-dealkylation sites (tertiary alicyclic amines) is 1. The van der Waals surface area contributed by atoms with Gasteiger partial charge in [0.25, 0.3) is 11.8 Å². The van der Waals surface area contributed by atoms with Crippen LogP contribution in [0.5, 0.6) is 0 Å². The van der Waals surface area contributed by atoms with E-state index in [2.05, 4.69) is 20.8 Å². The molecule has 2 aromatic rings. The Morgan fingerprint density at radius 2 is 1.84 bits per heavy atom. The number of hydrogen-bond donors (Lipinski definition) is 2. The Hall–Kier alpha value is -2.52. The van der Waals surface area contributed by atoms with Crippen LogP contribution in [0.3, 0.4) is 0 Å². The van der Waals surface area contributed by atoms with Gasteiger partial charge >= 0.3 is 0 Å². The van der Waals surface area contributed by atoms with Crippen molar-refractivity contribution in [2.45, 2.75) is 44.6 Å². The minimum atomic E-state index is -0.453. The molecule has 1 aromatic carbocycles. The molecule has 1 aromatic heterocycles. The summed E-state index contributed by atoms with van der Waals surface area (Å²) < 4.78 is 0. The van der Waals surface area contributed by atoms with Crippen LogP contribution in [0, 0.1) is 5.92 Å². The lowest BCUT2D eigenvalue weighted by Crippen LogP contribution is -2.47. The maximum atomic E-state index is 12.9. The first kappa shape index (κ1) is 21.7. The van der Waals surface area contributed by atoms with Gasteiger partial charge in [0.1, 0.15) is 0 Å². The molecule has 10 heteroatoms. The maximum Gasteiger partial charge on any atom is 0.286 e. The molecule has 1 saturated heterocycles. The molecule has 1 aliphatic heterocycles. The molecule has 4 rings (SSSR count). The first-order valence-electron chi connectivity index (χ1n) is 10.5. The number of carbonyl (C=O) groups is 3. The second kappa shape index (κ2) is 9.74. The summed E-state index contributed by atoms with van der Waals surface area (Å²) in [6.45, 7) is 0.927. The van der Waals surface area contributed by atoms with Gasteiger partial charge in [0.2, 0.25) is 15.9 Å². The highest BCUT2D eigenvalue weighted by Gasteiger charge is 2.32. The second-order valence-corrected chi connectivity index (χ2v) is 9.37. The molecule has 1 saturated carbocycles. The van der Waals surface area contributed by atoms with Crippen LogP contribution in [-0.2, 0) is 4.79 Å². The van der Waals surface area contributed by atoms with E-state index in [4.69, 9.17) is 11.6 Å². The highest BCUT2D eigenvalue weighted by Crippen LogP contribution is 2.23. The third kappa shape index (κ3) is 5.40. The van der Waals surface area contributed by atoms with Crippen LogP contribution < -0.4 is 10.6 Å². The van der Waals surface area contributed by atoms with Crippen molar-refractivity contribution in [1.29, 1.82) is 0 Å². The van der Waals surface area contributed by atoms with Gasteiger partial charge in [-0.1, -0.05) is 41.8 Å². The normalized spacial score (nSPS) is 19.3. The van der Waals surface area contributed by atoms with Crippen molar-refractivity contribution < 1.29 is 14.4 Å². The van der Waals surface area contributed by atoms with E-state index in [0.717, 1.165) is 49.9 Å². The van der Waals surface area contributed by atoms with Gasteiger partial charge in [-0.05, 0) is 43.9 Å². The molecule has 1 aliphatic carbocycles. The van der Waals surface area contributed by atoms with Gasteiger partial charge in [0.15, 0.2) is 0 Å². The number of amides is 3. The predicted molar refractivity (Wildman–Crippen MR) is 118 cm³/mol. The number of rotatable bonds is 5. The summed E-state index contributed by atoms with van der Waals surface area (Å²) in [5.74, 6) is -0.927. The fourth-order valence-corrected chi connectivity index (χ4v) is 4.95. The number of halogens is 1. The standard InChI is InChI=1S/C21H24ClN5O3S/c22-14-6-3-9-16(11-14)24-18(29)19-25-26-20(31-19)21(30)27-10-4-5-13(12-27)17(28)23-15-7-1-2-8-15/h3,6,9,11,13,15H,1-2,4-5,7-8,10,12H2,(H,23,28)(H,24,29)/t13-/m0/s1. The van der Waals surface area contributed by atoms with Crippen molar-refractivity contribution in [3.05, 3.63) is 39.3 Å². The summed E-state index contributed by atoms with van der Waals surface area (Å²) in [5.41, 5.74) is 0.535. The molecule has 2 heterocycles. The molecule has 2 fully saturated rings. The van der Waals surface area contributed by atoms with Crippen molar-refractivity contribution in [2.75, 3.05) is 18.4 Å². The average Bonchev–Trinajstić information content (AvgIpc) is 3.46. The van der Waals surface area contributed by atoms with E-state index in [1.807, 2.05) is 0 Å². The monoisotopic (exact) mass is 461 g/mol. The molecular weight excluding hydrogens is 438 g/mol. The van der Waals surface area contributed by atoms with Gasteiger partial charge in [-0.25, -0.2) is 0 Å². The zero-order chi connectivity index (χ0) is 21.8. The average molecular weight is 462 g/mol. The minimum Gasteiger partial charge on any atom is -0.353 e. The van der Waals surface area contributed by atoms with E-state index >= 15 is 0 Å². The second-order valence-electron chi connectivity index (χ2n) is 7.96. The molecule has 2 N–H and O–H groups in total. The number of benzene rings is 1. The topological polar surface area (TPSA) is 104 Å². The maximum absolute atomic E-state index is 12.9. The Bertz CT molecular complexity index is 975. The smallest absolute Gasteiger partial charge is 0.286 e. The van der Waals surface area contributed by atoms with Crippen LogP contribution in [0.15, 0.2) is 24.3 Å². The Morgan fingerprint density at radius 1 is 1.06 bits per heavy atom. The summed E-state index contributed by atoms with van der Waals surface area (Å²) >= 11 is 6.87. The summed E-state index contributed by atoms with van der Waals surface area (Å²) in [6.07, 6.45) is 5.91. The molecule has 1 atom stereocenters. The number of anilines is 1. The highest BCUT2D eigenvalue weighted by atomic mass is 35.5. The first-order chi connectivity index (χ1) is 15.0. The SMILES string of the molecule is O=C(Nc1cccc(Cl)c1)c1nnc(C(=O)N2CCC[C@H](C(=O)NC3CCCC3)C2)s1. The zero-order valence-electron chi connectivity index (χ0n) is 17.0. The van der Waals surface area contributed by atoms with Gasteiger partial charge in [-0.2, -0.15) is 0 Å². The minimum absolute atomic E-state index is 0.0308. The van der Waals surface area contributed by atoms with Crippen molar-refractivity contribution in [3.63, 3.8) is 0 Å². The quantitative estimate of drug-likeness (QED) is 0.710. The lowest BCUT2D eigenvalue weighted by atomic mass is 9.96. The molecule has 0 bridgehead atoms. The van der Waals surface area contributed by atoms with Gasteiger partial charge < -0.3 is 15.5 Å². The summed E-state index contributed by atoms with van der Waals surface area (Å²) in [5, 5.41) is 14.3. The molecule has 0 radical (unpaired) electrons. The Labute approximate surface area is 189 Å². The van der Waals surface area contributed by atoms with Crippen LogP contribution in [0.25, 0.3) is 0 Å². The predicted octanol–water partition coefficient (Wildman–Crippen LogP) is 3.35. The van der Waals surface area contributed by atoms with Gasteiger partial charge in [0.05, 0.1) is 5.92 Å². The van der Waals surface area contributed by atoms with Gasteiger partial charge in [-0.15, -0.1) is 10.2 Å². The summed E-state index contributed by atoms with van der Waals surface area (Å²) in [4.78, 5) is 39.6. The van der Waals surface area contributed by atoms with Crippen LogP contribution in [-0.4, -0.2) is 52.0 Å². The molecule has 0 unspecified atom stereocenters. The third-order valence-corrected chi connectivity index (χ3v) is 6.81. The first-order valence-corrected chi connectivity index (χ1v) is 11.7. The van der Waals surface area contributed by atoms with Crippen LogP contribution in [0.1, 0.15) is 58.1 Å². The number of carbonyl (C=O) groups excluding carboxylic acids is 3. The molecule has 0 spiro atoms. The lowest BCUT2D eigenvalue weighted by molar-refractivity contribution is -0.127. The largest absolute Gasteiger partial charge is 0.353 e. The Morgan fingerprint density at radius 3 is 2.61 bits per heavy atom. The van der Waals surface area contributed by atoms with Crippen LogP contribution in [0.4, 0.5) is 5.69 Å². The fraction of sp³-hybridized carbons (Fsp3) is 0.476. The van der Waals surface area contributed by atoms with E-state index in [0.29, 0.717) is 23.8 Å². The number of nitrogens with one attached hydrogen (secondary N) is 2. The Balaban J connectivity index is 1.36. The van der Waals surface area contributed by atoms with Gasteiger partial charge in [-0.3, -0.25) is 14.4 Å². The molecule has 31 heavy (non-hydrogen) atoms. The van der Waals surface area contributed by atoms with Crippen LogP contribution in [0.2, 0.25) is 5.02 Å². The van der Waals surface area contributed by atoms with Crippen molar-refractivity contribution in [3.8, 4) is 0 Å². The third-order valence-electron chi connectivity index (χ3n) is 5.67. The number of nitrogens with zero attached hydrogens (tertiary/aromatic N) is 3. The molecule has 3 amide bonds. The van der Waals surface area contributed by atoms with Crippen molar-refractivity contribution in [1.82, 2.24) is 20.4 Å². The Kier molecular flexibility index (Phi) is 6.82. The van der Waals surface area contributed by atoms with Gasteiger partial charge in [0, 0.05) is 29.8 Å². The molecule has 164 valence electrons. The van der Waals surface area contributed by atoms with Crippen molar-refractivity contribution >= 4 is 46.3 Å². The number of piperidine rings is 1. The number of hydrogen-bond acceptors (Lipinski definition) is 6. The van der Waals surface area contributed by atoms with E-state index < -0.39 is 5.91 Å². The number of aromatic nitrogens is 2. The summed E-state index contributed by atoms with van der Waals surface area (Å²) in [6, 6.07) is 7.03. The van der Waals surface area contributed by atoms with E-state index in [-0.39, 0.29) is 33.8 Å². The molecule has 8 nitrogen and oxygen atoms in total. The fourth-order valence-electron chi connectivity index (χ4n) is 4.05. The van der Waals surface area contributed by atoms with E-state index in [9.17, 15) is 14.4 Å². The van der Waals surface area contributed by atoms with Crippen molar-refractivity contribution in [2.24, 2.45) is 5.92 Å². The zero-order valence-corrected chi connectivity index (χ0v) is 18.5.